The van der Waals surface area contributed by atoms with Crippen LogP contribution in [-0.4, -0.2) is 41.9 Å². The minimum absolute atomic E-state index is 0.327. The molecule has 0 atom stereocenters. The van der Waals surface area contributed by atoms with Crippen LogP contribution in [0.4, 0.5) is 0 Å². The SMILES string of the molecule is CCCCN1C=CN(CS(=O)(=O)O)C1. The van der Waals surface area contributed by atoms with Crippen LogP contribution in [0, 0.1) is 0 Å². The van der Waals surface area contributed by atoms with Gasteiger partial charge in [-0.1, -0.05) is 13.3 Å². The highest BCUT2D eigenvalue weighted by atomic mass is 32.2. The maximum absolute atomic E-state index is 10.6. The lowest BCUT2D eigenvalue weighted by Gasteiger charge is -2.19. The van der Waals surface area contributed by atoms with Gasteiger partial charge in [-0.15, -0.1) is 0 Å². The summed E-state index contributed by atoms with van der Waals surface area (Å²) < 4.78 is 29.8. The summed E-state index contributed by atoms with van der Waals surface area (Å²) in [4.78, 5) is 3.58. The number of rotatable bonds is 5. The number of hydrogen-bond acceptors (Lipinski definition) is 4. The average Bonchev–Trinajstić information content (AvgIpc) is 2.46. The number of hydrogen-bond donors (Lipinski definition) is 1. The Kier molecular flexibility index (Phi) is 3.77. The van der Waals surface area contributed by atoms with E-state index in [-0.39, 0.29) is 5.88 Å². The topological polar surface area (TPSA) is 60.9 Å². The second kappa shape index (κ2) is 4.65. The van der Waals surface area contributed by atoms with Gasteiger partial charge in [-0.25, -0.2) is 0 Å². The fourth-order valence-corrected chi connectivity index (χ4v) is 1.90. The molecular formula is C8H16N2O3S. The molecule has 0 radical (unpaired) electrons. The third-order valence-corrected chi connectivity index (χ3v) is 2.64. The summed E-state index contributed by atoms with van der Waals surface area (Å²) in [5.74, 6) is -0.327. The molecule has 0 aromatic rings. The van der Waals surface area contributed by atoms with Crippen molar-refractivity contribution in [1.29, 1.82) is 0 Å². The van der Waals surface area contributed by atoms with E-state index in [1.165, 1.54) is 0 Å². The molecule has 0 aromatic heterocycles. The predicted octanol–water partition coefficient (Wildman–Crippen LogP) is 0.678. The highest BCUT2D eigenvalue weighted by molar-refractivity contribution is 7.85. The first-order valence-electron chi connectivity index (χ1n) is 4.63. The minimum atomic E-state index is -3.90. The molecule has 1 aliphatic rings. The van der Waals surface area contributed by atoms with Crippen LogP contribution in [0.15, 0.2) is 12.4 Å². The summed E-state index contributed by atoms with van der Waals surface area (Å²) in [5, 5.41) is 0. The Morgan fingerprint density at radius 2 is 2.00 bits per heavy atom. The van der Waals surface area contributed by atoms with E-state index in [1.54, 1.807) is 11.1 Å². The summed E-state index contributed by atoms with van der Waals surface area (Å²) in [5.41, 5.74) is 0. The van der Waals surface area contributed by atoms with Crippen LogP contribution in [-0.2, 0) is 10.1 Å². The Morgan fingerprint density at radius 3 is 2.57 bits per heavy atom. The molecule has 14 heavy (non-hydrogen) atoms. The van der Waals surface area contributed by atoms with E-state index in [0.717, 1.165) is 19.4 Å². The molecule has 5 nitrogen and oxygen atoms in total. The Labute approximate surface area is 84.7 Å². The molecule has 1 rings (SSSR count). The van der Waals surface area contributed by atoms with Gasteiger partial charge in [-0.3, -0.25) is 4.55 Å². The fourth-order valence-electron chi connectivity index (χ4n) is 1.32. The molecule has 0 bridgehead atoms. The summed E-state index contributed by atoms with van der Waals surface area (Å²) in [6, 6.07) is 0. The number of unbranched alkanes of at least 4 members (excludes halogenated alkanes) is 1. The van der Waals surface area contributed by atoms with E-state index in [4.69, 9.17) is 4.55 Å². The van der Waals surface area contributed by atoms with E-state index < -0.39 is 10.1 Å². The monoisotopic (exact) mass is 220 g/mol. The Hall–Kier alpha value is -0.750. The molecular weight excluding hydrogens is 204 g/mol. The molecule has 0 unspecified atom stereocenters. The molecule has 82 valence electrons. The standard InChI is InChI=1S/C8H16N2O3S/c1-2-3-4-9-5-6-10(7-9)8-14(11,12)13/h5-6H,2-4,7-8H2,1H3,(H,11,12,13). The van der Waals surface area contributed by atoms with Crippen LogP contribution in [0.3, 0.4) is 0 Å². The molecule has 0 aromatic carbocycles. The predicted molar refractivity (Wildman–Crippen MR) is 53.9 cm³/mol. The first-order valence-corrected chi connectivity index (χ1v) is 6.24. The minimum Gasteiger partial charge on any atom is -0.359 e. The van der Waals surface area contributed by atoms with Gasteiger partial charge in [0.1, 0.15) is 5.88 Å². The van der Waals surface area contributed by atoms with E-state index in [2.05, 4.69) is 6.92 Å². The van der Waals surface area contributed by atoms with Crippen LogP contribution in [0.25, 0.3) is 0 Å². The highest BCUT2D eigenvalue weighted by Gasteiger charge is 2.16. The van der Waals surface area contributed by atoms with Gasteiger partial charge >= 0.3 is 0 Å². The van der Waals surface area contributed by atoms with Gasteiger partial charge in [0.25, 0.3) is 10.1 Å². The van der Waals surface area contributed by atoms with Crippen molar-refractivity contribution in [1.82, 2.24) is 9.80 Å². The molecule has 6 heteroatoms. The Balaban J connectivity index is 2.32. The third kappa shape index (κ3) is 3.97. The summed E-state index contributed by atoms with van der Waals surface area (Å²) in [6.07, 6.45) is 5.73. The van der Waals surface area contributed by atoms with Crippen molar-refractivity contribution in [2.24, 2.45) is 0 Å². The van der Waals surface area contributed by atoms with Crippen molar-refractivity contribution in [2.75, 3.05) is 19.1 Å². The smallest absolute Gasteiger partial charge is 0.283 e. The van der Waals surface area contributed by atoms with Gasteiger partial charge in [-0.2, -0.15) is 8.42 Å². The van der Waals surface area contributed by atoms with Crippen molar-refractivity contribution in [3.63, 3.8) is 0 Å². The van der Waals surface area contributed by atoms with Gasteiger partial charge in [0.15, 0.2) is 0 Å². The van der Waals surface area contributed by atoms with Crippen molar-refractivity contribution in [3.05, 3.63) is 12.4 Å². The Bertz CT molecular complexity index is 300. The lowest BCUT2D eigenvalue weighted by Crippen LogP contribution is -2.29. The zero-order chi connectivity index (χ0) is 10.6. The van der Waals surface area contributed by atoms with Crippen molar-refractivity contribution < 1.29 is 13.0 Å². The molecule has 0 spiro atoms. The summed E-state index contributed by atoms with van der Waals surface area (Å²) >= 11 is 0. The van der Waals surface area contributed by atoms with Crippen LogP contribution in [0.2, 0.25) is 0 Å². The van der Waals surface area contributed by atoms with Crippen molar-refractivity contribution in [3.8, 4) is 0 Å². The van der Waals surface area contributed by atoms with Gasteiger partial charge in [-0.05, 0) is 6.42 Å². The molecule has 0 aliphatic carbocycles. The van der Waals surface area contributed by atoms with Crippen LogP contribution in [0.5, 0.6) is 0 Å². The van der Waals surface area contributed by atoms with Crippen LogP contribution in [0.1, 0.15) is 19.8 Å². The normalized spacial score (nSPS) is 16.7. The van der Waals surface area contributed by atoms with Crippen molar-refractivity contribution >= 4 is 10.1 Å². The molecule has 0 saturated heterocycles. The summed E-state index contributed by atoms with van der Waals surface area (Å²) in [7, 11) is -3.90. The van der Waals surface area contributed by atoms with E-state index >= 15 is 0 Å². The molecule has 0 saturated carbocycles. The molecule has 0 amide bonds. The number of nitrogens with zero attached hydrogens (tertiary/aromatic N) is 2. The first kappa shape index (κ1) is 11.3. The van der Waals surface area contributed by atoms with Crippen molar-refractivity contribution in [2.45, 2.75) is 19.8 Å². The lowest BCUT2D eigenvalue weighted by atomic mass is 10.3. The second-order valence-electron chi connectivity index (χ2n) is 3.41. The zero-order valence-electron chi connectivity index (χ0n) is 8.26. The van der Waals surface area contributed by atoms with E-state index in [1.807, 2.05) is 11.1 Å². The largest absolute Gasteiger partial charge is 0.359 e. The molecule has 0 fully saturated rings. The molecule has 1 N–H and O–H groups in total. The maximum atomic E-state index is 10.6. The second-order valence-corrected chi connectivity index (χ2v) is 4.83. The zero-order valence-corrected chi connectivity index (χ0v) is 9.07. The van der Waals surface area contributed by atoms with Crippen LogP contribution < -0.4 is 0 Å². The van der Waals surface area contributed by atoms with Gasteiger partial charge in [0.2, 0.25) is 0 Å². The van der Waals surface area contributed by atoms with Crippen LogP contribution >= 0.6 is 0 Å². The summed E-state index contributed by atoms with van der Waals surface area (Å²) in [6.45, 7) is 3.57. The van der Waals surface area contributed by atoms with E-state index in [9.17, 15) is 8.42 Å². The highest BCUT2D eigenvalue weighted by Crippen LogP contribution is 2.08. The third-order valence-electron chi connectivity index (χ3n) is 1.98. The van der Waals surface area contributed by atoms with E-state index in [0.29, 0.717) is 6.67 Å². The fraction of sp³-hybridized carbons (Fsp3) is 0.750. The average molecular weight is 220 g/mol. The molecule has 1 aliphatic heterocycles. The molecule has 1 heterocycles. The van der Waals surface area contributed by atoms with Gasteiger partial charge in [0.05, 0.1) is 6.67 Å². The maximum Gasteiger partial charge on any atom is 0.283 e. The Morgan fingerprint density at radius 1 is 1.36 bits per heavy atom. The lowest BCUT2D eigenvalue weighted by molar-refractivity contribution is 0.279. The van der Waals surface area contributed by atoms with Gasteiger partial charge < -0.3 is 9.80 Å². The van der Waals surface area contributed by atoms with Gasteiger partial charge in [0, 0.05) is 18.9 Å². The quantitative estimate of drug-likeness (QED) is 0.690. The first-order chi connectivity index (χ1) is 6.51.